The van der Waals surface area contributed by atoms with Crippen LogP contribution in [0.3, 0.4) is 0 Å². The molecule has 1 aliphatic rings. The summed E-state index contributed by atoms with van der Waals surface area (Å²) in [6.45, 7) is 3.61. The largest absolute Gasteiger partial charge is 0.318 e. The summed E-state index contributed by atoms with van der Waals surface area (Å²) in [5, 5.41) is 3.21. The molecule has 1 saturated carbocycles. The predicted octanol–water partition coefficient (Wildman–Crippen LogP) is 2.11. The Morgan fingerprint density at radius 2 is 1.79 bits per heavy atom. The Balaban J connectivity index is 2.13. The number of hydrogen-bond acceptors (Lipinski definition) is 2. The summed E-state index contributed by atoms with van der Waals surface area (Å²) in [6, 6.07) is 0. The molecule has 0 heterocycles. The van der Waals surface area contributed by atoms with Crippen molar-refractivity contribution in [3.8, 4) is 0 Å². The third kappa shape index (κ3) is 4.97. The standard InChI is InChI=1S/C12H26N2/c1-13-9-10-14(2)11-12-7-5-3-4-6-8-12/h12-13H,3-11H2,1-2H3. The summed E-state index contributed by atoms with van der Waals surface area (Å²) in [4.78, 5) is 2.48. The van der Waals surface area contributed by atoms with Crippen molar-refractivity contribution in [3.63, 3.8) is 0 Å². The minimum absolute atomic E-state index is 0.972. The zero-order valence-corrected chi connectivity index (χ0v) is 9.89. The summed E-state index contributed by atoms with van der Waals surface area (Å²) in [5.74, 6) is 0.972. The molecule has 1 fully saturated rings. The molecule has 0 bridgehead atoms. The normalized spacial score (nSPS) is 19.9. The van der Waals surface area contributed by atoms with Crippen molar-refractivity contribution in [1.82, 2.24) is 10.2 Å². The maximum absolute atomic E-state index is 3.21. The maximum Gasteiger partial charge on any atom is 0.0104 e. The number of nitrogens with zero attached hydrogens (tertiary/aromatic N) is 1. The SMILES string of the molecule is CNCCN(C)CC1CCCCCC1. The first-order chi connectivity index (χ1) is 6.83. The fourth-order valence-corrected chi connectivity index (χ4v) is 2.38. The molecule has 0 radical (unpaired) electrons. The Morgan fingerprint density at radius 1 is 1.14 bits per heavy atom. The van der Waals surface area contributed by atoms with Crippen molar-refractivity contribution in [2.75, 3.05) is 33.7 Å². The van der Waals surface area contributed by atoms with Crippen LogP contribution in [-0.4, -0.2) is 38.6 Å². The highest BCUT2D eigenvalue weighted by atomic mass is 15.1. The molecule has 2 heteroatoms. The lowest BCUT2D eigenvalue weighted by Crippen LogP contribution is -2.31. The number of nitrogens with one attached hydrogen (secondary N) is 1. The Morgan fingerprint density at radius 3 is 2.36 bits per heavy atom. The van der Waals surface area contributed by atoms with Crippen LogP contribution in [0.1, 0.15) is 38.5 Å². The monoisotopic (exact) mass is 198 g/mol. The Hall–Kier alpha value is -0.0800. The molecule has 0 saturated heterocycles. The van der Waals surface area contributed by atoms with Gasteiger partial charge in [-0.3, -0.25) is 0 Å². The van der Waals surface area contributed by atoms with Crippen molar-refractivity contribution in [3.05, 3.63) is 0 Å². The van der Waals surface area contributed by atoms with Gasteiger partial charge in [0.05, 0.1) is 0 Å². The van der Waals surface area contributed by atoms with Gasteiger partial charge in [0.1, 0.15) is 0 Å². The number of likely N-dealkylation sites (N-methyl/N-ethyl adjacent to an activating group) is 2. The van der Waals surface area contributed by atoms with E-state index < -0.39 is 0 Å². The molecule has 1 rings (SSSR count). The molecule has 0 aromatic rings. The average molecular weight is 198 g/mol. The summed E-state index contributed by atoms with van der Waals surface area (Å²) in [6.07, 6.45) is 8.79. The lowest BCUT2D eigenvalue weighted by molar-refractivity contribution is 0.261. The molecule has 0 aliphatic heterocycles. The quantitative estimate of drug-likeness (QED) is 0.681. The van der Waals surface area contributed by atoms with Crippen LogP contribution in [0.25, 0.3) is 0 Å². The molecular weight excluding hydrogens is 172 g/mol. The van der Waals surface area contributed by atoms with E-state index in [2.05, 4.69) is 17.3 Å². The second kappa shape index (κ2) is 7.24. The van der Waals surface area contributed by atoms with Gasteiger partial charge in [-0.15, -0.1) is 0 Å². The maximum atomic E-state index is 3.21. The van der Waals surface area contributed by atoms with E-state index in [1.807, 2.05) is 7.05 Å². The van der Waals surface area contributed by atoms with Crippen molar-refractivity contribution < 1.29 is 0 Å². The topological polar surface area (TPSA) is 15.3 Å². The van der Waals surface area contributed by atoms with Crippen LogP contribution in [0.2, 0.25) is 0 Å². The first-order valence-electron chi connectivity index (χ1n) is 6.16. The van der Waals surface area contributed by atoms with Crippen LogP contribution in [-0.2, 0) is 0 Å². The number of rotatable bonds is 5. The highest BCUT2D eigenvalue weighted by Gasteiger charge is 2.13. The second-order valence-electron chi connectivity index (χ2n) is 4.72. The minimum Gasteiger partial charge on any atom is -0.318 e. The molecule has 0 aromatic heterocycles. The molecule has 84 valence electrons. The van der Waals surface area contributed by atoms with Crippen LogP contribution < -0.4 is 5.32 Å². The van der Waals surface area contributed by atoms with E-state index in [0.717, 1.165) is 12.5 Å². The Labute approximate surface area is 89.1 Å². The molecule has 0 atom stereocenters. The highest BCUT2D eigenvalue weighted by Crippen LogP contribution is 2.23. The van der Waals surface area contributed by atoms with E-state index in [9.17, 15) is 0 Å². The van der Waals surface area contributed by atoms with Gasteiger partial charge in [-0.25, -0.2) is 0 Å². The minimum atomic E-state index is 0.972. The number of hydrogen-bond donors (Lipinski definition) is 1. The van der Waals surface area contributed by atoms with E-state index in [0.29, 0.717) is 0 Å². The van der Waals surface area contributed by atoms with Crippen molar-refractivity contribution >= 4 is 0 Å². The van der Waals surface area contributed by atoms with Crippen molar-refractivity contribution in [2.24, 2.45) is 5.92 Å². The Kier molecular flexibility index (Phi) is 6.20. The van der Waals surface area contributed by atoms with Crippen molar-refractivity contribution in [2.45, 2.75) is 38.5 Å². The Bertz CT molecular complexity index is 128. The molecule has 0 unspecified atom stereocenters. The van der Waals surface area contributed by atoms with Crippen LogP contribution in [0.4, 0.5) is 0 Å². The molecule has 2 nitrogen and oxygen atoms in total. The first-order valence-corrected chi connectivity index (χ1v) is 6.16. The van der Waals surface area contributed by atoms with Gasteiger partial charge in [-0.1, -0.05) is 25.7 Å². The van der Waals surface area contributed by atoms with Gasteiger partial charge < -0.3 is 10.2 Å². The van der Waals surface area contributed by atoms with E-state index >= 15 is 0 Å². The average Bonchev–Trinajstić information content (AvgIpc) is 2.43. The fourth-order valence-electron chi connectivity index (χ4n) is 2.38. The molecule has 1 aliphatic carbocycles. The molecule has 0 aromatic carbocycles. The van der Waals surface area contributed by atoms with Gasteiger partial charge in [0, 0.05) is 19.6 Å². The molecule has 0 amide bonds. The lowest BCUT2D eigenvalue weighted by atomic mass is 10.00. The molecule has 14 heavy (non-hydrogen) atoms. The van der Waals surface area contributed by atoms with E-state index in [4.69, 9.17) is 0 Å². The smallest absolute Gasteiger partial charge is 0.0104 e. The van der Waals surface area contributed by atoms with Crippen LogP contribution in [0.5, 0.6) is 0 Å². The zero-order valence-electron chi connectivity index (χ0n) is 9.89. The van der Waals surface area contributed by atoms with Gasteiger partial charge in [0.15, 0.2) is 0 Å². The van der Waals surface area contributed by atoms with Gasteiger partial charge in [-0.05, 0) is 32.9 Å². The molecular formula is C12H26N2. The van der Waals surface area contributed by atoms with Gasteiger partial charge in [0.25, 0.3) is 0 Å². The highest BCUT2D eigenvalue weighted by molar-refractivity contribution is 4.68. The van der Waals surface area contributed by atoms with Crippen LogP contribution in [0, 0.1) is 5.92 Å². The van der Waals surface area contributed by atoms with Crippen LogP contribution >= 0.6 is 0 Å². The predicted molar refractivity (Wildman–Crippen MR) is 62.6 cm³/mol. The summed E-state index contributed by atoms with van der Waals surface area (Å²) < 4.78 is 0. The third-order valence-corrected chi connectivity index (χ3v) is 3.29. The summed E-state index contributed by atoms with van der Waals surface area (Å²) in [7, 11) is 4.28. The molecule has 0 spiro atoms. The summed E-state index contributed by atoms with van der Waals surface area (Å²) >= 11 is 0. The van der Waals surface area contributed by atoms with Crippen LogP contribution in [0.15, 0.2) is 0 Å². The zero-order chi connectivity index (χ0) is 10.2. The van der Waals surface area contributed by atoms with E-state index in [-0.39, 0.29) is 0 Å². The van der Waals surface area contributed by atoms with E-state index in [1.165, 1.54) is 51.6 Å². The molecule has 1 N–H and O–H groups in total. The van der Waals surface area contributed by atoms with Gasteiger partial charge in [-0.2, -0.15) is 0 Å². The lowest BCUT2D eigenvalue weighted by Gasteiger charge is -2.22. The van der Waals surface area contributed by atoms with E-state index in [1.54, 1.807) is 0 Å². The second-order valence-corrected chi connectivity index (χ2v) is 4.72. The first kappa shape index (κ1) is 12.0. The summed E-state index contributed by atoms with van der Waals surface area (Å²) in [5.41, 5.74) is 0. The third-order valence-electron chi connectivity index (χ3n) is 3.29. The van der Waals surface area contributed by atoms with Gasteiger partial charge >= 0.3 is 0 Å². The van der Waals surface area contributed by atoms with Crippen molar-refractivity contribution in [1.29, 1.82) is 0 Å². The fraction of sp³-hybridized carbons (Fsp3) is 1.00. The van der Waals surface area contributed by atoms with Gasteiger partial charge in [0.2, 0.25) is 0 Å².